The minimum atomic E-state index is -0.0613. The third-order valence-corrected chi connectivity index (χ3v) is 3.72. The van der Waals surface area contributed by atoms with Crippen molar-refractivity contribution in [1.29, 1.82) is 0 Å². The lowest BCUT2D eigenvalue weighted by molar-refractivity contribution is 0.0943. The van der Waals surface area contributed by atoms with Gasteiger partial charge in [-0.2, -0.15) is 0 Å². The molecule has 2 rings (SSSR count). The zero-order valence-electron chi connectivity index (χ0n) is 12.7. The van der Waals surface area contributed by atoms with Crippen LogP contribution in [-0.4, -0.2) is 17.0 Å². The molecule has 0 aliphatic carbocycles. The van der Waals surface area contributed by atoms with Gasteiger partial charge in [-0.05, 0) is 30.9 Å². The number of aromatic nitrogens is 1. The topological polar surface area (TPSA) is 60.0 Å². The SMILES string of the molecule is CCn1cc(N)cc1C(=O)NCCC(C)c1ccccc1. The zero-order valence-corrected chi connectivity index (χ0v) is 12.7. The molecule has 3 N–H and O–H groups in total. The Bertz CT molecular complexity index is 589. The second-order valence-corrected chi connectivity index (χ2v) is 5.30. The minimum absolute atomic E-state index is 0.0613. The summed E-state index contributed by atoms with van der Waals surface area (Å²) in [6.07, 6.45) is 2.71. The Hall–Kier alpha value is -2.23. The van der Waals surface area contributed by atoms with Gasteiger partial charge in [-0.1, -0.05) is 37.3 Å². The number of rotatable bonds is 6. The van der Waals surface area contributed by atoms with Gasteiger partial charge in [0.05, 0.1) is 5.69 Å². The molecule has 1 amide bonds. The maximum atomic E-state index is 12.2. The van der Waals surface area contributed by atoms with Gasteiger partial charge in [0.2, 0.25) is 0 Å². The number of carbonyl (C=O) groups excluding carboxylic acids is 1. The first-order valence-electron chi connectivity index (χ1n) is 7.40. The van der Waals surface area contributed by atoms with Gasteiger partial charge in [0, 0.05) is 19.3 Å². The molecule has 4 nitrogen and oxygen atoms in total. The summed E-state index contributed by atoms with van der Waals surface area (Å²) >= 11 is 0. The van der Waals surface area contributed by atoms with Gasteiger partial charge in [-0.15, -0.1) is 0 Å². The van der Waals surface area contributed by atoms with Gasteiger partial charge in [0.15, 0.2) is 0 Å². The summed E-state index contributed by atoms with van der Waals surface area (Å²) in [6, 6.07) is 12.1. The summed E-state index contributed by atoms with van der Waals surface area (Å²) in [5.41, 5.74) is 8.30. The summed E-state index contributed by atoms with van der Waals surface area (Å²) < 4.78 is 1.87. The molecule has 0 spiro atoms. The van der Waals surface area contributed by atoms with Crippen LogP contribution < -0.4 is 11.1 Å². The number of hydrogen-bond donors (Lipinski definition) is 2. The van der Waals surface area contributed by atoms with Gasteiger partial charge in [-0.3, -0.25) is 4.79 Å². The third-order valence-electron chi connectivity index (χ3n) is 3.72. The number of amides is 1. The number of carbonyl (C=O) groups is 1. The molecule has 4 heteroatoms. The molecule has 1 heterocycles. The lowest BCUT2D eigenvalue weighted by Gasteiger charge is -2.13. The summed E-state index contributed by atoms with van der Waals surface area (Å²) in [6.45, 7) is 5.56. The van der Waals surface area contributed by atoms with E-state index < -0.39 is 0 Å². The first-order valence-corrected chi connectivity index (χ1v) is 7.40. The monoisotopic (exact) mass is 285 g/mol. The normalized spacial score (nSPS) is 12.1. The highest BCUT2D eigenvalue weighted by molar-refractivity contribution is 5.93. The summed E-state index contributed by atoms with van der Waals surface area (Å²) in [5.74, 6) is 0.364. The second kappa shape index (κ2) is 6.97. The largest absolute Gasteiger partial charge is 0.397 e. The Kier molecular flexibility index (Phi) is 5.04. The highest BCUT2D eigenvalue weighted by Crippen LogP contribution is 2.17. The molecule has 0 fully saturated rings. The van der Waals surface area contributed by atoms with Crippen molar-refractivity contribution in [3.63, 3.8) is 0 Å². The maximum Gasteiger partial charge on any atom is 0.267 e. The van der Waals surface area contributed by atoms with Crippen molar-refractivity contribution in [2.75, 3.05) is 12.3 Å². The highest BCUT2D eigenvalue weighted by Gasteiger charge is 2.12. The van der Waals surface area contributed by atoms with Crippen LogP contribution in [0.1, 0.15) is 42.2 Å². The number of nitrogen functional groups attached to an aromatic ring is 1. The lowest BCUT2D eigenvalue weighted by atomic mass is 9.98. The lowest BCUT2D eigenvalue weighted by Crippen LogP contribution is -2.27. The summed E-state index contributed by atoms with van der Waals surface area (Å²) in [4.78, 5) is 12.2. The van der Waals surface area contributed by atoms with Crippen LogP contribution in [0.3, 0.4) is 0 Å². The predicted molar refractivity (Wildman–Crippen MR) is 86.3 cm³/mol. The molecule has 21 heavy (non-hydrogen) atoms. The molecular weight excluding hydrogens is 262 g/mol. The average molecular weight is 285 g/mol. The van der Waals surface area contributed by atoms with Crippen LogP contribution in [0, 0.1) is 0 Å². The van der Waals surface area contributed by atoms with E-state index in [0.29, 0.717) is 23.8 Å². The standard InChI is InChI=1S/C17H23N3O/c1-3-20-12-15(18)11-16(20)17(21)19-10-9-13(2)14-7-5-4-6-8-14/h4-8,11-13H,3,9-10,18H2,1-2H3,(H,19,21). The van der Waals surface area contributed by atoms with E-state index in [9.17, 15) is 4.79 Å². The van der Waals surface area contributed by atoms with Crippen molar-refractivity contribution in [2.24, 2.45) is 0 Å². The van der Waals surface area contributed by atoms with Crippen LogP contribution in [0.4, 0.5) is 5.69 Å². The van der Waals surface area contributed by atoms with Gasteiger partial charge in [-0.25, -0.2) is 0 Å². The second-order valence-electron chi connectivity index (χ2n) is 5.30. The van der Waals surface area contributed by atoms with Crippen LogP contribution in [0.25, 0.3) is 0 Å². The molecule has 0 aliphatic heterocycles. The van der Waals surface area contributed by atoms with E-state index in [1.54, 1.807) is 12.3 Å². The predicted octanol–water partition coefficient (Wildman–Crippen LogP) is 3.01. The first kappa shape index (κ1) is 15.2. The molecule has 0 saturated carbocycles. The van der Waals surface area contributed by atoms with Crippen molar-refractivity contribution in [1.82, 2.24) is 9.88 Å². The van der Waals surface area contributed by atoms with Crippen molar-refractivity contribution in [3.8, 4) is 0 Å². The van der Waals surface area contributed by atoms with E-state index in [1.807, 2.05) is 29.7 Å². The molecule has 0 bridgehead atoms. The third kappa shape index (κ3) is 3.88. The molecule has 1 atom stereocenters. The smallest absolute Gasteiger partial charge is 0.267 e. The fourth-order valence-corrected chi connectivity index (χ4v) is 2.43. The molecule has 2 aromatic rings. The van der Waals surface area contributed by atoms with E-state index in [2.05, 4.69) is 24.4 Å². The molecular formula is C17H23N3O. The van der Waals surface area contributed by atoms with Gasteiger partial charge in [0.1, 0.15) is 5.69 Å². The molecule has 0 radical (unpaired) electrons. The minimum Gasteiger partial charge on any atom is -0.397 e. The quantitative estimate of drug-likeness (QED) is 0.857. The Morgan fingerprint density at radius 2 is 2.05 bits per heavy atom. The highest BCUT2D eigenvalue weighted by atomic mass is 16.1. The van der Waals surface area contributed by atoms with E-state index in [4.69, 9.17) is 5.73 Å². The maximum absolute atomic E-state index is 12.2. The Morgan fingerprint density at radius 3 is 2.71 bits per heavy atom. The Balaban J connectivity index is 1.87. The summed E-state index contributed by atoms with van der Waals surface area (Å²) in [5, 5.41) is 2.97. The Labute approximate surface area is 126 Å². The number of hydrogen-bond acceptors (Lipinski definition) is 2. The molecule has 1 aromatic heterocycles. The average Bonchev–Trinajstić information content (AvgIpc) is 2.89. The fourth-order valence-electron chi connectivity index (χ4n) is 2.43. The first-order chi connectivity index (χ1) is 10.1. The number of nitrogens with zero attached hydrogens (tertiary/aromatic N) is 1. The van der Waals surface area contributed by atoms with Crippen molar-refractivity contribution in [2.45, 2.75) is 32.7 Å². The van der Waals surface area contributed by atoms with Crippen LogP contribution in [-0.2, 0) is 6.54 Å². The van der Waals surface area contributed by atoms with Crippen LogP contribution in [0.2, 0.25) is 0 Å². The van der Waals surface area contributed by atoms with Crippen LogP contribution in [0.15, 0.2) is 42.6 Å². The molecule has 0 aliphatic rings. The van der Waals surface area contributed by atoms with E-state index in [1.165, 1.54) is 5.56 Å². The summed E-state index contributed by atoms with van der Waals surface area (Å²) in [7, 11) is 0. The Morgan fingerprint density at radius 1 is 1.33 bits per heavy atom. The van der Waals surface area contributed by atoms with Crippen LogP contribution in [0.5, 0.6) is 0 Å². The zero-order chi connectivity index (χ0) is 15.2. The van der Waals surface area contributed by atoms with Gasteiger partial charge < -0.3 is 15.6 Å². The number of nitrogens with two attached hydrogens (primary N) is 1. The number of anilines is 1. The van der Waals surface area contributed by atoms with E-state index in [0.717, 1.165) is 13.0 Å². The molecule has 1 unspecified atom stereocenters. The number of benzene rings is 1. The molecule has 112 valence electrons. The van der Waals surface area contributed by atoms with Gasteiger partial charge >= 0.3 is 0 Å². The van der Waals surface area contributed by atoms with E-state index >= 15 is 0 Å². The van der Waals surface area contributed by atoms with Crippen molar-refractivity contribution < 1.29 is 4.79 Å². The number of aryl methyl sites for hydroxylation is 1. The number of nitrogens with one attached hydrogen (secondary N) is 1. The van der Waals surface area contributed by atoms with Crippen LogP contribution >= 0.6 is 0 Å². The molecule has 0 saturated heterocycles. The van der Waals surface area contributed by atoms with E-state index in [-0.39, 0.29) is 5.91 Å². The van der Waals surface area contributed by atoms with Crippen molar-refractivity contribution >= 4 is 11.6 Å². The molecule has 1 aromatic carbocycles. The fraction of sp³-hybridized carbons (Fsp3) is 0.353. The van der Waals surface area contributed by atoms with Gasteiger partial charge in [0.25, 0.3) is 5.91 Å². The van der Waals surface area contributed by atoms with Crippen molar-refractivity contribution in [3.05, 3.63) is 53.9 Å².